The summed E-state index contributed by atoms with van der Waals surface area (Å²) >= 11 is 5.93. The van der Waals surface area contributed by atoms with Gasteiger partial charge in [0.2, 0.25) is 0 Å². The van der Waals surface area contributed by atoms with Crippen LogP contribution >= 0.6 is 24.0 Å². The molecule has 0 aliphatic carbocycles. The lowest BCUT2D eigenvalue weighted by atomic mass is 10.2. The maximum Gasteiger partial charge on any atom is 0.167 e. The zero-order valence-corrected chi connectivity index (χ0v) is 10.1. The van der Waals surface area contributed by atoms with Crippen molar-refractivity contribution in [1.29, 1.82) is 0 Å². The fraction of sp³-hybridized carbons (Fsp3) is 0.100. The molecule has 3 rings (SSSR count). The molecule has 0 spiro atoms. The molecule has 0 amide bonds. The fourth-order valence-electron chi connectivity index (χ4n) is 1.54. The van der Waals surface area contributed by atoms with Gasteiger partial charge in [-0.3, -0.25) is 0 Å². The van der Waals surface area contributed by atoms with Gasteiger partial charge in [0.05, 0.1) is 6.54 Å². The highest BCUT2D eigenvalue weighted by Crippen LogP contribution is 2.22. The van der Waals surface area contributed by atoms with Crippen molar-refractivity contribution in [3.8, 4) is 0 Å². The van der Waals surface area contributed by atoms with Gasteiger partial charge in [0.1, 0.15) is 18.3 Å². The van der Waals surface area contributed by atoms with Crippen LogP contribution in [0.3, 0.4) is 0 Å². The van der Waals surface area contributed by atoms with Crippen molar-refractivity contribution in [2.24, 2.45) is 0 Å². The number of benzene rings is 1. The zero-order chi connectivity index (χ0) is 11.0. The molecule has 1 aromatic carbocycles. The van der Waals surface area contributed by atoms with Gasteiger partial charge in [-0.15, -0.1) is 12.4 Å². The first kappa shape index (κ1) is 11.9. The van der Waals surface area contributed by atoms with Crippen molar-refractivity contribution in [1.82, 2.24) is 19.9 Å². The van der Waals surface area contributed by atoms with Crippen molar-refractivity contribution in [3.05, 3.63) is 41.6 Å². The van der Waals surface area contributed by atoms with Crippen LogP contribution in [0.25, 0.3) is 11.0 Å². The molecule has 17 heavy (non-hydrogen) atoms. The number of nitrogens with zero attached hydrogens (tertiary/aromatic N) is 4. The van der Waals surface area contributed by atoms with Gasteiger partial charge in [-0.05, 0) is 18.2 Å². The smallest absolute Gasteiger partial charge is 0.167 e. The van der Waals surface area contributed by atoms with E-state index in [-0.39, 0.29) is 12.4 Å². The van der Waals surface area contributed by atoms with Crippen LogP contribution < -0.4 is 0 Å². The van der Waals surface area contributed by atoms with Crippen LogP contribution in [0, 0.1) is 0 Å². The molecule has 0 bridgehead atoms. The molecule has 88 valence electrons. The Morgan fingerprint density at radius 1 is 1.35 bits per heavy atom. The maximum atomic E-state index is 5.93. The third kappa shape index (κ3) is 2.25. The van der Waals surface area contributed by atoms with E-state index in [4.69, 9.17) is 16.1 Å². The molecular weight excluding hydrogens is 263 g/mol. The Morgan fingerprint density at radius 2 is 2.24 bits per heavy atom. The summed E-state index contributed by atoms with van der Waals surface area (Å²) in [5, 5.41) is 9.57. The van der Waals surface area contributed by atoms with Crippen LogP contribution in [0.4, 0.5) is 0 Å². The molecule has 0 atom stereocenters. The Kier molecular flexibility index (Phi) is 3.31. The van der Waals surface area contributed by atoms with Gasteiger partial charge in [0.25, 0.3) is 0 Å². The Labute approximate surface area is 108 Å². The van der Waals surface area contributed by atoms with Gasteiger partial charge in [-0.1, -0.05) is 16.8 Å². The molecule has 2 aromatic heterocycles. The molecule has 0 aliphatic heterocycles. The minimum Gasteiger partial charge on any atom is -0.356 e. The van der Waals surface area contributed by atoms with Gasteiger partial charge in [0, 0.05) is 10.4 Å². The largest absolute Gasteiger partial charge is 0.356 e. The van der Waals surface area contributed by atoms with E-state index in [1.54, 1.807) is 23.1 Å². The zero-order valence-electron chi connectivity index (χ0n) is 8.58. The molecule has 0 N–H and O–H groups in total. The average molecular weight is 271 g/mol. The molecule has 0 radical (unpaired) electrons. The lowest BCUT2D eigenvalue weighted by Gasteiger charge is -1.96. The first-order valence-corrected chi connectivity index (χ1v) is 5.07. The van der Waals surface area contributed by atoms with Crippen molar-refractivity contribution in [2.75, 3.05) is 0 Å². The number of rotatable bonds is 2. The summed E-state index contributed by atoms with van der Waals surface area (Å²) in [4.78, 5) is 3.87. The Hall–Kier alpha value is -1.59. The third-order valence-electron chi connectivity index (χ3n) is 2.29. The second-order valence-corrected chi connectivity index (χ2v) is 3.80. The van der Waals surface area contributed by atoms with E-state index in [0.717, 1.165) is 16.7 Å². The molecule has 2 heterocycles. The van der Waals surface area contributed by atoms with Crippen molar-refractivity contribution >= 4 is 35.0 Å². The van der Waals surface area contributed by atoms with E-state index < -0.39 is 0 Å². The Balaban J connectivity index is 0.00000108. The number of hydrogen-bond acceptors (Lipinski definition) is 4. The molecular formula is C10H8Cl2N4O. The monoisotopic (exact) mass is 270 g/mol. The van der Waals surface area contributed by atoms with Gasteiger partial charge in [-0.2, -0.15) is 5.10 Å². The normalized spacial score (nSPS) is 10.4. The summed E-state index contributed by atoms with van der Waals surface area (Å²) in [5.74, 6) is 0. The quantitative estimate of drug-likeness (QED) is 0.718. The van der Waals surface area contributed by atoms with Gasteiger partial charge in [-0.25, -0.2) is 9.67 Å². The third-order valence-corrected chi connectivity index (χ3v) is 2.52. The summed E-state index contributed by atoms with van der Waals surface area (Å²) in [6.45, 7) is 0.521. The van der Waals surface area contributed by atoms with Crippen molar-refractivity contribution < 1.29 is 4.52 Å². The SMILES string of the molecule is Cl.Clc1ccc2onc(Cn3cncn3)c2c1. The topological polar surface area (TPSA) is 56.7 Å². The van der Waals surface area contributed by atoms with E-state index in [1.807, 2.05) is 6.07 Å². The number of halogens is 2. The minimum absolute atomic E-state index is 0. The van der Waals surface area contributed by atoms with Crippen molar-refractivity contribution in [3.63, 3.8) is 0 Å². The Morgan fingerprint density at radius 3 is 3.00 bits per heavy atom. The second kappa shape index (κ2) is 4.73. The minimum atomic E-state index is 0. The molecule has 0 aliphatic rings. The van der Waals surface area contributed by atoms with Crippen LogP contribution in [0.2, 0.25) is 5.02 Å². The average Bonchev–Trinajstić information content (AvgIpc) is 2.90. The van der Waals surface area contributed by atoms with Crippen LogP contribution in [0.15, 0.2) is 35.4 Å². The summed E-state index contributed by atoms with van der Waals surface area (Å²) in [6.07, 6.45) is 3.11. The lowest BCUT2D eigenvalue weighted by molar-refractivity contribution is 0.440. The molecule has 0 saturated carbocycles. The molecule has 0 fully saturated rings. The highest BCUT2D eigenvalue weighted by Gasteiger charge is 2.09. The van der Waals surface area contributed by atoms with Crippen LogP contribution in [0.1, 0.15) is 5.69 Å². The number of hydrogen-bond donors (Lipinski definition) is 0. The molecule has 7 heteroatoms. The predicted molar refractivity (Wildman–Crippen MR) is 65.4 cm³/mol. The van der Waals surface area contributed by atoms with E-state index in [2.05, 4.69) is 15.2 Å². The molecule has 0 saturated heterocycles. The van der Waals surface area contributed by atoms with E-state index in [1.165, 1.54) is 6.33 Å². The van der Waals surface area contributed by atoms with Gasteiger partial charge in [0.15, 0.2) is 5.58 Å². The molecule has 5 nitrogen and oxygen atoms in total. The van der Waals surface area contributed by atoms with Crippen molar-refractivity contribution in [2.45, 2.75) is 6.54 Å². The van der Waals surface area contributed by atoms with Gasteiger partial charge >= 0.3 is 0 Å². The first-order chi connectivity index (χ1) is 7.83. The van der Waals surface area contributed by atoms with Crippen LogP contribution in [-0.4, -0.2) is 19.9 Å². The number of aromatic nitrogens is 4. The van der Waals surface area contributed by atoms with Gasteiger partial charge < -0.3 is 4.52 Å². The molecule has 0 unspecified atom stereocenters. The highest BCUT2D eigenvalue weighted by atomic mass is 35.5. The maximum absolute atomic E-state index is 5.93. The van der Waals surface area contributed by atoms with Crippen LogP contribution in [-0.2, 0) is 6.54 Å². The van der Waals surface area contributed by atoms with E-state index in [9.17, 15) is 0 Å². The molecule has 3 aromatic rings. The summed E-state index contributed by atoms with van der Waals surface area (Å²) in [6, 6.07) is 5.41. The number of fused-ring (bicyclic) bond motifs is 1. The predicted octanol–water partition coefficient (Wildman–Crippen LogP) is 2.54. The van der Waals surface area contributed by atoms with E-state index >= 15 is 0 Å². The standard InChI is InChI=1S/C10H7ClN4O.ClH/c11-7-1-2-10-8(3-7)9(14-16-10)4-15-6-12-5-13-15;/h1-3,5-6H,4H2;1H. The summed E-state index contributed by atoms with van der Waals surface area (Å²) < 4.78 is 6.86. The lowest BCUT2D eigenvalue weighted by Crippen LogP contribution is -2.00. The highest BCUT2D eigenvalue weighted by molar-refractivity contribution is 6.31. The Bertz CT molecular complexity index is 620. The first-order valence-electron chi connectivity index (χ1n) is 4.69. The fourth-order valence-corrected chi connectivity index (χ4v) is 1.71. The van der Waals surface area contributed by atoms with E-state index in [0.29, 0.717) is 11.6 Å². The summed E-state index contributed by atoms with van der Waals surface area (Å²) in [7, 11) is 0. The summed E-state index contributed by atoms with van der Waals surface area (Å²) in [5.41, 5.74) is 1.52. The van der Waals surface area contributed by atoms with Crippen LogP contribution in [0.5, 0.6) is 0 Å². The second-order valence-electron chi connectivity index (χ2n) is 3.36.